The molecule has 2 heterocycles. The van der Waals surface area contributed by atoms with Gasteiger partial charge in [0.1, 0.15) is 23.9 Å². The quantitative estimate of drug-likeness (QED) is 0.518. The molecule has 7 heteroatoms. The maximum absolute atomic E-state index is 13.1. The Hall–Kier alpha value is -3.16. The number of carbonyl (C=O) groups excluding carboxylic acids is 1. The Balaban J connectivity index is 1.25. The van der Waals surface area contributed by atoms with Crippen LogP contribution in [0.1, 0.15) is 29.0 Å². The predicted molar refractivity (Wildman–Crippen MR) is 124 cm³/mol. The predicted octanol–water partition coefficient (Wildman–Crippen LogP) is 4.51. The number of ether oxygens (including phenoxy) is 2. The molecule has 0 bridgehead atoms. The van der Waals surface area contributed by atoms with Crippen molar-refractivity contribution in [2.45, 2.75) is 25.4 Å². The fraction of sp³-hybridized carbons (Fsp3) is 0.346. The molecule has 174 valence electrons. The Bertz CT molecular complexity index is 1040. The standard InChI is InChI=1S/C26H29FN2O4/c1-29(22-11-14-31-15-12-22)13-16-32-23-4-2-3-19(17-23)18-28-26(30)25-10-9-24(33-25)20-5-7-21(27)8-6-20/h2-10,17,22H,11-16,18H2,1H3,(H,28,30). The van der Waals surface area contributed by atoms with Crippen LogP contribution >= 0.6 is 0 Å². The molecule has 33 heavy (non-hydrogen) atoms. The molecule has 1 aliphatic rings. The van der Waals surface area contributed by atoms with Crippen molar-refractivity contribution in [2.24, 2.45) is 0 Å². The van der Waals surface area contributed by atoms with Gasteiger partial charge in [-0.25, -0.2) is 4.39 Å². The lowest BCUT2D eigenvalue weighted by Crippen LogP contribution is -2.38. The third-order valence-electron chi connectivity index (χ3n) is 5.84. The van der Waals surface area contributed by atoms with Crippen molar-refractivity contribution in [1.82, 2.24) is 10.2 Å². The zero-order valence-corrected chi connectivity index (χ0v) is 18.8. The van der Waals surface area contributed by atoms with Crippen LogP contribution in [-0.2, 0) is 11.3 Å². The lowest BCUT2D eigenvalue weighted by Gasteiger charge is -2.31. The zero-order valence-electron chi connectivity index (χ0n) is 18.8. The lowest BCUT2D eigenvalue weighted by molar-refractivity contribution is 0.0392. The number of rotatable bonds is 9. The second kappa shape index (κ2) is 11.1. The number of benzene rings is 2. The molecule has 1 amide bonds. The van der Waals surface area contributed by atoms with Crippen LogP contribution in [0.15, 0.2) is 65.1 Å². The minimum Gasteiger partial charge on any atom is -0.492 e. The van der Waals surface area contributed by atoms with E-state index in [1.165, 1.54) is 12.1 Å². The first-order valence-electron chi connectivity index (χ1n) is 11.2. The van der Waals surface area contributed by atoms with Gasteiger partial charge in [0, 0.05) is 37.9 Å². The van der Waals surface area contributed by atoms with E-state index in [-0.39, 0.29) is 17.5 Å². The molecule has 0 spiro atoms. The van der Waals surface area contributed by atoms with Gasteiger partial charge in [-0.15, -0.1) is 0 Å². The third kappa shape index (κ3) is 6.43. The molecular formula is C26H29FN2O4. The average molecular weight is 453 g/mol. The lowest BCUT2D eigenvalue weighted by atomic mass is 10.1. The first kappa shape index (κ1) is 23.0. The van der Waals surface area contributed by atoms with Crippen molar-refractivity contribution in [3.63, 3.8) is 0 Å². The fourth-order valence-electron chi connectivity index (χ4n) is 3.86. The maximum atomic E-state index is 13.1. The highest BCUT2D eigenvalue weighted by atomic mass is 19.1. The van der Waals surface area contributed by atoms with E-state index in [0.717, 1.165) is 43.9 Å². The smallest absolute Gasteiger partial charge is 0.287 e. The Morgan fingerprint density at radius 2 is 1.91 bits per heavy atom. The summed E-state index contributed by atoms with van der Waals surface area (Å²) in [5.74, 6) is 0.867. The molecule has 6 nitrogen and oxygen atoms in total. The van der Waals surface area contributed by atoms with E-state index in [0.29, 0.717) is 30.5 Å². The number of hydrogen-bond acceptors (Lipinski definition) is 5. The van der Waals surface area contributed by atoms with Gasteiger partial charge in [-0.3, -0.25) is 9.69 Å². The molecule has 3 aromatic rings. The van der Waals surface area contributed by atoms with E-state index in [1.807, 2.05) is 24.3 Å². The normalized spacial score (nSPS) is 14.4. The highest BCUT2D eigenvalue weighted by molar-refractivity contribution is 5.92. The van der Waals surface area contributed by atoms with Gasteiger partial charge in [-0.05, 0) is 74.0 Å². The highest BCUT2D eigenvalue weighted by Crippen LogP contribution is 2.22. The number of hydrogen-bond donors (Lipinski definition) is 1. The molecule has 0 unspecified atom stereocenters. The first-order chi connectivity index (χ1) is 16.1. The Morgan fingerprint density at radius 1 is 1.12 bits per heavy atom. The summed E-state index contributed by atoms with van der Waals surface area (Å²) in [6.45, 7) is 3.46. The van der Waals surface area contributed by atoms with Gasteiger partial charge < -0.3 is 19.2 Å². The number of nitrogens with one attached hydrogen (secondary N) is 1. The van der Waals surface area contributed by atoms with Crippen LogP contribution in [0.2, 0.25) is 0 Å². The van der Waals surface area contributed by atoms with E-state index in [4.69, 9.17) is 13.9 Å². The molecule has 1 fully saturated rings. The van der Waals surface area contributed by atoms with Crippen LogP contribution in [0.4, 0.5) is 4.39 Å². The van der Waals surface area contributed by atoms with Crippen molar-refractivity contribution in [3.8, 4) is 17.1 Å². The van der Waals surface area contributed by atoms with Gasteiger partial charge in [-0.1, -0.05) is 12.1 Å². The molecule has 0 saturated carbocycles. The van der Waals surface area contributed by atoms with Gasteiger partial charge in [0.05, 0.1) is 0 Å². The van der Waals surface area contributed by atoms with Gasteiger partial charge in [-0.2, -0.15) is 0 Å². The maximum Gasteiger partial charge on any atom is 0.287 e. The molecule has 4 rings (SSSR count). The minimum absolute atomic E-state index is 0.206. The SMILES string of the molecule is CN(CCOc1cccc(CNC(=O)c2ccc(-c3ccc(F)cc3)o2)c1)C1CCOCC1. The molecule has 2 aromatic carbocycles. The first-order valence-corrected chi connectivity index (χ1v) is 11.2. The van der Waals surface area contributed by atoms with Crippen LogP contribution in [0.25, 0.3) is 11.3 Å². The molecule has 0 radical (unpaired) electrons. The number of halogens is 1. The minimum atomic E-state index is -0.319. The molecule has 1 N–H and O–H groups in total. The number of amides is 1. The molecule has 1 saturated heterocycles. The van der Waals surface area contributed by atoms with Crippen molar-refractivity contribution >= 4 is 5.91 Å². The fourth-order valence-corrected chi connectivity index (χ4v) is 3.86. The second-order valence-electron chi connectivity index (χ2n) is 8.17. The summed E-state index contributed by atoms with van der Waals surface area (Å²) >= 11 is 0. The number of furan rings is 1. The monoisotopic (exact) mass is 452 g/mol. The van der Waals surface area contributed by atoms with Crippen molar-refractivity contribution in [3.05, 3.63) is 77.8 Å². The number of carbonyl (C=O) groups is 1. The molecular weight excluding hydrogens is 423 g/mol. The summed E-state index contributed by atoms with van der Waals surface area (Å²) in [5, 5.41) is 2.87. The second-order valence-corrected chi connectivity index (χ2v) is 8.17. The van der Waals surface area contributed by atoms with Gasteiger partial charge in [0.15, 0.2) is 5.76 Å². The summed E-state index contributed by atoms with van der Waals surface area (Å²) in [7, 11) is 2.13. The van der Waals surface area contributed by atoms with E-state index in [2.05, 4.69) is 17.3 Å². The Labute approximate surface area is 193 Å². The molecule has 1 aromatic heterocycles. The largest absolute Gasteiger partial charge is 0.492 e. The van der Waals surface area contributed by atoms with Crippen molar-refractivity contribution < 1.29 is 23.1 Å². The van der Waals surface area contributed by atoms with Crippen LogP contribution in [-0.4, -0.2) is 50.3 Å². The summed E-state index contributed by atoms with van der Waals surface area (Å²) in [6.07, 6.45) is 2.12. The Morgan fingerprint density at radius 3 is 2.70 bits per heavy atom. The summed E-state index contributed by atoms with van der Waals surface area (Å²) in [5.41, 5.74) is 1.65. The molecule has 0 aliphatic carbocycles. The van der Waals surface area contributed by atoms with Gasteiger partial charge in [0.2, 0.25) is 0 Å². The highest BCUT2D eigenvalue weighted by Gasteiger charge is 2.18. The molecule has 0 atom stereocenters. The van der Waals surface area contributed by atoms with E-state index >= 15 is 0 Å². The van der Waals surface area contributed by atoms with Crippen LogP contribution < -0.4 is 10.1 Å². The summed E-state index contributed by atoms with van der Waals surface area (Å²) in [6, 6.07) is 17.5. The molecule has 1 aliphatic heterocycles. The summed E-state index contributed by atoms with van der Waals surface area (Å²) < 4.78 is 30.1. The summed E-state index contributed by atoms with van der Waals surface area (Å²) in [4.78, 5) is 14.8. The Kier molecular flexibility index (Phi) is 7.75. The van der Waals surface area contributed by atoms with Gasteiger partial charge in [0.25, 0.3) is 5.91 Å². The van der Waals surface area contributed by atoms with Crippen LogP contribution in [0.5, 0.6) is 5.75 Å². The van der Waals surface area contributed by atoms with Crippen molar-refractivity contribution in [1.29, 1.82) is 0 Å². The van der Waals surface area contributed by atoms with E-state index < -0.39 is 0 Å². The van der Waals surface area contributed by atoms with Crippen LogP contribution in [0, 0.1) is 5.82 Å². The topological polar surface area (TPSA) is 63.9 Å². The van der Waals surface area contributed by atoms with Crippen LogP contribution in [0.3, 0.4) is 0 Å². The van der Waals surface area contributed by atoms with E-state index in [1.54, 1.807) is 24.3 Å². The number of likely N-dealkylation sites (N-methyl/N-ethyl adjacent to an activating group) is 1. The van der Waals surface area contributed by atoms with Gasteiger partial charge >= 0.3 is 0 Å². The average Bonchev–Trinajstić information content (AvgIpc) is 3.34. The third-order valence-corrected chi connectivity index (χ3v) is 5.84. The van der Waals surface area contributed by atoms with E-state index in [9.17, 15) is 9.18 Å². The zero-order chi connectivity index (χ0) is 23.0. The number of nitrogens with zero attached hydrogens (tertiary/aromatic N) is 1. The van der Waals surface area contributed by atoms with Crippen molar-refractivity contribution in [2.75, 3.05) is 33.4 Å².